The number of benzene rings is 4. The third-order valence-corrected chi connectivity index (χ3v) is 5.71. The summed E-state index contributed by atoms with van der Waals surface area (Å²) in [6.07, 6.45) is 0. The first kappa shape index (κ1) is 22.1. The maximum absolute atomic E-state index is 13.7. The van der Waals surface area contributed by atoms with Gasteiger partial charge < -0.3 is 10.6 Å². The van der Waals surface area contributed by atoms with Gasteiger partial charge >= 0.3 is 0 Å². The minimum Gasteiger partial charge on any atom is -0.376 e. The third-order valence-electron chi connectivity index (χ3n) is 5.13. The van der Waals surface area contributed by atoms with Gasteiger partial charge in [0.2, 0.25) is 0 Å². The SMILES string of the molecule is Fc1ccc(NC(c2ccccc2)C(Nc2ccc(F)c(Cl)c2)c2ccccc2)cc1Cl. The van der Waals surface area contributed by atoms with Gasteiger partial charge in [-0.3, -0.25) is 0 Å². The van der Waals surface area contributed by atoms with Crippen LogP contribution >= 0.6 is 23.2 Å². The van der Waals surface area contributed by atoms with Crippen LogP contribution in [0.3, 0.4) is 0 Å². The molecule has 4 aromatic rings. The van der Waals surface area contributed by atoms with E-state index < -0.39 is 11.6 Å². The molecule has 0 radical (unpaired) electrons. The Morgan fingerprint density at radius 1 is 0.531 bits per heavy atom. The largest absolute Gasteiger partial charge is 0.376 e. The zero-order valence-corrected chi connectivity index (χ0v) is 18.4. The number of rotatable bonds is 7. The average molecular weight is 469 g/mol. The standard InChI is InChI=1S/C26H20Cl2F2N2/c27-21-15-19(11-13-23(21)29)31-25(17-7-3-1-4-8-17)26(18-9-5-2-6-10-18)32-20-12-14-24(30)22(28)16-20/h1-16,25-26,31-32H. The van der Waals surface area contributed by atoms with E-state index in [0.29, 0.717) is 11.4 Å². The van der Waals surface area contributed by atoms with E-state index in [2.05, 4.69) is 10.6 Å². The van der Waals surface area contributed by atoms with E-state index in [1.807, 2.05) is 60.7 Å². The van der Waals surface area contributed by atoms with Gasteiger partial charge in [-0.15, -0.1) is 0 Å². The Morgan fingerprint density at radius 2 is 0.906 bits per heavy atom. The zero-order chi connectivity index (χ0) is 22.5. The summed E-state index contributed by atoms with van der Waals surface area (Å²) >= 11 is 12.0. The molecule has 0 saturated carbocycles. The van der Waals surface area contributed by atoms with Gasteiger partial charge in [0.25, 0.3) is 0 Å². The van der Waals surface area contributed by atoms with Gasteiger partial charge in [0.15, 0.2) is 0 Å². The molecule has 32 heavy (non-hydrogen) atoms. The van der Waals surface area contributed by atoms with Gasteiger partial charge in [0.05, 0.1) is 22.1 Å². The zero-order valence-electron chi connectivity index (χ0n) is 16.9. The van der Waals surface area contributed by atoms with Gasteiger partial charge in [-0.2, -0.15) is 0 Å². The van der Waals surface area contributed by atoms with E-state index in [4.69, 9.17) is 23.2 Å². The van der Waals surface area contributed by atoms with Gasteiger partial charge in [-0.25, -0.2) is 8.78 Å². The molecule has 4 aromatic carbocycles. The second-order valence-electron chi connectivity index (χ2n) is 7.32. The third kappa shape index (κ3) is 5.21. The summed E-state index contributed by atoms with van der Waals surface area (Å²) in [6.45, 7) is 0. The molecule has 2 atom stereocenters. The highest BCUT2D eigenvalue weighted by molar-refractivity contribution is 6.31. The molecular weight excluding hydrogens is 449 g/mol. The summed E-state index contributed by atoms with van der Waals surface area (Å²) in [4.78, 5) is 0. The van der Waals surface area contributed by atoms with Crippen LogP contribution in [0.4, 0.5) is 20.2 Å². The molecule has 0 amide bonds. The number of hydrogen-bond donors (Lipinski definition) is 2. The van der Waals surface area contributed by atoms with E-state index in [1.165, 1.54) is 12.1 Å². The van der Waals surface area contributed by atoms with Crippen LogP contribution in [-0.2, 0) is 0 Å². The van der Waals surface area contributed by atoms with Crippen LogP contribution in [0.5, 0.6) is 0 Å². The van der Waals surface area contributed by atoms with Crippen molar-refractivity contribution in [2.24, 2.45) is 0 Å². The number of hydrogen-bond acceptors (Lipinski definition) is 2. The highest BCUT2D eigenvalue weighted by Gasteiger charge is 2.25. The maximum Gasteiger partial charge on any atom is 0.141 e. The van der Waals surface area contributed by atoms with Crippen LogP contribution in [0, 0.1) is 11.6 Å². The van der Waals surface area contributed by atoms with Crippen molar-refractivity contribution in [3.63, 3.8) is 0 Å². The number of halogens is 4. The lowest BCUT2D eigenvalue weighted by atomic mass is 9.92. The van der Waals surface area contributed by atoms with Crippen molar-refractivity contribution in [2.75, 3.05) is 10.6 Å². The molecular formula is C26H20Cl2F2N2. The van der Waals surface area contributed by atoms with E-state index in [0.717, 1.165) is 11.1 Å². The van der Waals surface area contributed by atoms with Gasteiger partial charge in [0, 0.05) is 11.4 Å². The summed E-state index contributed by atoms with van der Waals surface area (Å²) in [7, 11) is 0. The lowest BCUT2D eigenvalue weighted by Crippen LogP contribution is -2.25. The van der Waals surface area contributed by atoms with Crippen LogP contribution in [-0.4, -0.2) is 0 Å². The van der Waals surface area contributed by atoms with Crippen molar-refractivity contribution >= 4 is 34.6 Å². The summed E-state index contributed by atoms with van der Waals surface area (Å²) < 4.78 is 27.5. The maximum atomic E-state index is 13.7. The van der Waals surface area contributed by atoms with Crippen LogP contribution in [0.25, 0.3) is 0 Å². The first-order chi connectivity index (χ1) is 15.5. The minimum atomic E-state index is -0.479. The summed E-state index contributed by atoms with van der Waals surface area (Å²) in [6, 6.07) is 28.3. The molecule has 6 heteroatoms. The minimum absolute atomic E-state index is 0.0383. The molecule has 0 fully saturated rings. The molecule has 0 spiro atoms. The quantitative estimate of drug-likeness (QED) is 0.285. The molecule has 0 aromatic heterocycles. The molecule has 0 heterocycles. The lowest BCUT2D eigenvalue weighted by Gasteiger charge is -2.31. The van der Waals surface area contributed by atoms with Crippen LogP contribution in [0.2, 0.25) is 10.0 Å². The summed E-state index contributed by atoms with van der Waals surface area (Å²) in [5.41, 5.74) is 3.35. The Kier molecular flexibility index (Phi) is 6.93. The number of nitrogens with one attached hydrogen (secondary N) is 2. The fourth-order valence-corrected chi connectivity index (χ4v) is 3.93. The topological polar surface area (TPSA) is 24.1 Å². The fraction of sp³-hybridized carbons (Fsp3) is 0.0769. The van der Waals surface area contributed by atoms with Crippen molar-refractivity contribution in [1.82, 2.24) is 0 Å². The lowest BCUT2D eigenvalue weighted by molar-refractivity contribution is 0.625. The monoisotopic (exact) mass is 468 g/mol. The predicted octanol–water partition coefficient (Wildman–Crippen LogP) is 8.28. The van der Waals surface area contributed by atoms with E-state index in [9.17, 15) is 8.78 Å². The Balaban J connectivity index is 1.78. The van der Waals surface area contributed by atoms with E-state index >= 15 is 0 Å². The first-order valence-electron chi connectivity index (χ1n) is 10.0. The molecule has 2 unspecified atom stereocenters. The van der Waals surface area contributed by atoms with Crippen molar-refractivity contribution in [3.8, 4) is 0 Å². The molecule has 162 valence electrons. The Morgan fingerprint density at radius 3 is 1.25 bits per heavy atom. The molecule has 4 rings (SSSR count). The highest BCUT2D eigenvalue weighted by atomic mass is 35.5. The molecule has 0 aliphatic rings. The highest BCUT2D eigenvalue weighted by Crippen LogP contribution is 2.36. The molecule has 0 aliphatic carbocycles. The Hall–Kier alpha value is -3.08. The fourth-order valence-electron chi connectivity index (χ4n) is 3.57. The first-order valence-corrected chi connectivity index (χ1v) is 10.8. The average Bonchev–Trinajstić information content (AvgIpc) is 2.82. The molecule has 2 N–H and O–H groups in total. The van der Waals surface area contributed by atoms with E-state index in [1.54, 1.807) is 24.3 Å². The predicted molar refractivity (Wildman–Crippen MR) is 128 cm³/mol. The molecule has 0 bridgehead atoms. The van der Waals surface area contributed by atoms with Crippen LogP contribution in [0.1, 0.15) is 23.2 Å². The second-order valence-corrected chi connectivity index (χ2v) is 8.14. The number of anilines is 2. The smallest absolute Gasteiger partial charge is 0.141 e. The molecule has 0 aliphatic heterocycles. The Labute approximate surface area is 195 Å². The van der Waals surface area contributed by atoms with Crippen molar-refractivity contribution < 1.29 is 8.78 Å². The van der Waals surface area contributed by atoms with Crippen molar-refractivity contribution in [1.29, 1.82) is 0 Å². The van der Waals surface area contributed by atoms with Crippen LogP contribution in [0.15, 0.2) is 97.1 Å². The molecule has 0 saturated heterocycles. The van der Waals surface area contributed by atoms with Crippen molar-refractivity contribution in [2.45, 2.75) is 12.1 Å². The van der Waals surface area contributed by atoms with Gasteiger partial charge in [-0.05, 0) is 47.5 Å². The van der Waals surface area contributed by atoms with Crippen molar-refractivity contribution in [3.05, 3.63) is 130 Å². The van der Waals surface area contributed by atoms with Gasteiger partial charge in [-0.1, -0.05) is 83.9 Å². The second kappa shape index (κ2) is 10.0. The summed E-state index contributed by atoms with van der Waals surface area (Å²) in [5, 5.41) is 7.05. The van der Waals surface area contributed by atoms with E-state index in [-0.39, 0.29) is 22.1 Å². The summed E-state index contributed by atoms with van der Waals surface area (Å²) in [5.74, 6) is -0.959. The molecule has 2 nitrogen and oxygen atoms in total. The normalized spacial score (nSPS) is 12.8. The Bertz CT molecular complexity index is 1090. The van der Waals surface area contributed by atoms with Gasteiger partial charge in [0.1, 0.15) is 11.6 Å². The van der Waals surface area contributed by atoms with Crippen LogP contribution < -0.4 is 10.6 Å².